The number of nitrogens with zero attached hydrogens (tertiary/aromatic N) is 3. The van der Waals surface area contributed by atoms with Crippen LogP contribution in [0.1, 0.15) is 37.1 Å². The third kappa shape index (κ3) is 4.65. The topological polar surface area (TPSA) is 58.1 Å². The van der Waals surface area contributed by atoms with Gasteiger partial charge in [-0.1, -0.05) is 24.3 Å². The van der Waals surface area contributed by atoms with Crippen molar-refractivity contribution in [2.75, 3.05) is 18.0 Å². The molecule has 29 heavy (non-hydrogen) atoms. The summed E-state index contributed by atoms with van der Waals surface area (Å²) in [5.74, 6) is 0.139. The molecule has 2 atom stereocenters. The Morgan fingerprint density at radius 3 is 2.59 bits per heavy atom. The van der Waals surface area contributed by atoms with Crippen molar-refractivity contribution in [3.63, 3.8) is 0 Å². The van der Waals surface area contributed by atoms with E-state index in [0.717, 1.165) is 53.4 Å². The molecule has 2 aromatic heterocycles. The molecule has 1 aromatic carbocycles. The van der Waals surface area contributed by atoms with Crippen molar-refractivity contribution in [2.24, 2.45) is 5.92 Å². The van der Waals surface area contributed by atoms with Crippen LogP contribution in [0.25, 0.3) is 11.1 Å². The largest absolute Gasteiger partial charge is 0.349 e. The van der Waals surface area contributed by atoms with Gasteiger partial charge in [0.25, 0.3) is 0 Å². The highest BCUT2D eigenvalue weighted by atomic mass is 32.1. The molecule has 3 heterocycles. The molecule has 1 saturated heterocycles. The fourth-order valence-electron chi connectivity index (χ4n) is 3.77. The van der Waals surface area contributed by atoms with Gasteiger partial charge in [-0.15, -0.1) is 11.3 Å². The number of thiazole rings is 1. The van der Waals surface area contributed by atoms with Crippen molar-refractivity contribution in [3.05, 3.63) is 65.4 Å². The van der Waals surface area contributed by atoms with Gasteiger partial charge in [-0.05, 0) is 55.5 Å². The monoisotopic (exact) mass is 406 g/mol. The van der Waals surface area contributed by atoms with E-state index >= 15 is 0 Å². The summed E-state index contributed by atoms with van der Waals surface area (Å²) in [7, 11) is 0. The van der Waals surface area contributed by atoms with E-state index in [1.807, 2.05) is 26.0 Å². The summed E-state index contributed by atoms with van der Waals surface area (Å²) in [6.07, 6.45) is 5.55. The average Bonchev–Trinajstić information content (AvgIpc) is 3.21. The summed E-state index contributed by atoms with van der Waals surface area (Å²) >= 11 is 1.66. The van der Waals surface area contributed by atoms with Gasteiger partial charge >= 0.3 is 0 Å². The number of amides is 1. The summed E-state index contributed by atoms with van der Waals surface area (Å²) in [5.41, 5.74) is 4.44. The Bertz CT molecular complexity index is 955. The van der Waals surface area contributed by atoms with Crippen LogP contribution in [0.3, 0.4) is 0 Å². The molecule has 3 aromatic rings. The first kappa shape index (κ1) is 19.6. The fourth-order valence-corrected chi connectivity index (χ4v) is 4.62. The fraction of sp³-hybridized carbons (Fsp3) is 0.348. The molecular formula is C23H26N4OS. The number of aryl methyl sites for hydroxylation is 1. The van der Waals surface area contributed by atoms with Crippen molar-refractivity contribution >= 4 is 22.4 Å². The molecule has 150 valence electrons. The Balaban J connectivity index is 1.37. The number of carbonyl (C=O) groups is 1. The number of nitrogens with one attached hydrogen (secondary N) is 1. The van der Waals surface area contributed by atoms with Gasteiger partial charge < -0.3 is 10.2 Å². The minimum atomic E-state index is -0.0218. The highest BCUT2D eigenvalue weighted by Crippen LogP contribution is 2.27. The SMILES string of the molecule is Cc1csc(N2CCCC(C(=O)NC(C)c3ccc(-c4ccncc4)cc3)C2)n1. The third-order valence-electron chi connectivity index (χ3n) is 5.45. The standard InChI is InChI=1S/C23H26N4OS/c1-16-15-29-23(25-16)27-13-3-4-21(14-27)22(28)26-17(2)18-5-7-19(8-6-18)20-9-11-24-12-10-20/h5-12,15,17,21H,3-4,13-14H2,1-2H3,(H,26,28). The van der Waals surface area contributed by atoms with E-state index in [0.29, 0.717) is 0 Å². The molecule has 1 aliphatic rings. The van der Waals surface area contributed by atoms with Gasteiger partial charge in [0.2, 0.25) is 5.91 Å². The summed E-state index contributed by atoms with van der Waals surface area (Å²) < 4.78 is 0. The lowest BCUT2D eigenvalue weighted by Crippen LogP contribution is -2.43. The second kappa shape index (κ2) is 8.74. The lowest BCUT2D eigenvalue weighted by atomic mass is 9.96. The Morgan fingerprint density at radius 2 is 1.90 bits per heavy atom. The minimum Gasteiger partial charge on any atom is -0.349 e. The smallest absolute Gasteiger partial charge is 0.225 e. The van der Waals surface area contributed by atoms with Crippen LogP contribution in [0.4, 0.5) is 5.13 Å². The third-order valence-corrected chi connectivity index (χ3v) is 6.47. The van der Waals surface area contributed by atoms with E-state index in [-0.39, 0.29) is 17.9 Å². The lowest BCUT2D eigenvalue weighted by Gasteiger charge is -2.32. The molecule has 2 unspecified atom stereocenters. The molecule has 1 aliphatic heterocycles. The van der Waals surface area contributed by atoms with Gasteiger partial charge in [0.05, 0.1) is 17.7 Å². The van der Waals surface area contributed by atoms with Crippen LogP contribution in [-0.2, 0) is 4.79 Å². The van der Waals surface area contributed by atoms with E-state index in [9.17, 15) is 4.79 Å². The van der Waals surface area contributed by atoms with Crippen LogP contribution in [0.5, 0.6) is 0 Å². The van der Waals surface area contributed by atoms with E-state index in [1.165, 1.54) is 0 Å². The van der Waals surface area contributed by atoms with E-state index in [1.54, 1.807) is 23.7 Å². The second-order valence-corrected chi connectivity index (χ2v) is 8.48. The Morgan fingerprint density at radius 1 is 1.17 bits per heavy atom. The molecule has 1 amide bonds. The van der Waals surface area contributed by atoms with Crippen LogP contribution >= 0.6 is 11.3 Å². The highest BCUT2D eigenvalue weighted by Gasteiger charge is 2.28. The number of carbonyl (C=O) groups excluding carboxylic acids is 1. The van der Waals surface area contributed by atoms with E-state index < -0.39 is 0 Å². The molecule has 0 radical (unpaired) electrons. The zero-order valence-corrected chi connectivity index (χ0v) is 17.7. The number of benzene rings is 1. The number of pyridine rings is 1. The molecule has 6 heteroatoms. The molecule has 0 saturated carbocycles. The zero-order valence-electron chi connectivity index (χ0n) is 16.8. The molecule has 5 nitrogen and oxygen atoms in total. The van der Waals surface area contributed by atoms with Crippen LogP contribution in [0.15, 0.2) is 54.2 Å². The molecule has 0 aliphatic carbocycles. The average molecular weight is 407 g/mol. The first-order valence-electron chi connectivity index (χ1n) is 10.1. The first-order valence-corrected chi connectivity index (χ1v) is 11.0. The van der Waals surface area contributed by atoms with Gasteiger partial charge in [-0.2, -0.15) is 0 Å². The van der Waals surface area contributed by atoms with Gasteiger partial charge in [0.15, 0.2) is 5.13 Å². The summed E-state index contributed by atoms with van der Waals surface area (Å²) in [6, 6.07) is 12.4. The molecule has 1 N–H and O–H groups in total. The number of piperidine rings is 1. The molecular weight excluding hydrogens is 380 g/mol. The molecule has 1 fully saturated rings. The van der Waals surface area contributed by atoms with Gasteiger partial charge in [-0.3, -0.25) is 9.78 Å². The van der Waals surface area contributed by atoms with Crippen molar-refractivity contribution < 1.29 is 4.79 Å². The number of rotatable bonds is 5. The van der Waals surface area contributed by atoms with Crippen LogP contribution < -0.4 is 10.2 Å². The minimum absolute atomic E-state index is 0.00602. The van der Waals surface area contributed by atoms with Crippen LogP contribution in [-0.4, -0.2) is 29.0 Å². The Hall–Kier alpha value is -2.73. The van der Waals surface area contributed by atoms with E-state index in [4.69, 9.17) is 0 Å². The summed E-state index contributed by atoms with van der Waals surface area (Å²) in [5, 5.41) is 6.30. The number of anilines is 1. The predicted molar refractivity (Wildman–Crippen MR) is 118 cm³/mol. The zero-order chi connectivity index (χ0) is 20.2. The molecule has 4 rings (SSSR count). The van der Waals surface area contributed by atoms with Crippen LogP contribution in [0, 0.1) is 12.8 Å². The first-order chi connectivity index (χ1) is 14.1. The van der Waals surface area contributed by atoms with E-state index in [2.05, 4.69) is 49.8 Å². The maximum absolute atomic E-state index is 12.9. The Kier molecular flexibility index (Phi) is 5.90. The van der Waals surface area contributed by atoms with Crippen molar-refractivity contribution in [3.8, 4) is 11.1 Å². The quantitative estimate of drug-likeness (QED) is 0.672. The van der Waals surface area contributed by atoms with Gasteiger partial charge in [-0.25, -0.2) is 4.98 Å². The van der Waals surface area contributed by atoms with Crippen molar-refractivity contribution in [1.29, 1.82) is 0 Å². The maximum Gasteiger partial charge on any atom is 0.225 e. The Labute approximate surface area is 175 Å². The predicted octanol–water partition coefficient (Wildman–Crippen LogP) is 4.61. The van der Waals surface area contributed by atoms with Gasteiger partial charge in [0.1, 0.15) is 0 Å². The van der Waals surface area contributed by atoms with Crippen molar-refractivity contribution in [2.45, 2.75) is 32.7 Å². The normalized spacial score (nSPS) is 17.7. The molecule has 0 bridgehead atoms. The molecule has 0 spiro atoms. The number of hydrogen-bond donors (Lipinski definition) is 1. The van der Waals surface area contributed by atoms with Gasteiger partial charge in [0, 0.05) is 30.9 Å². The van der Waals surface area contributed by atoms with Crippen LogP contribution in [0.2, 0.25) is 0 Å². The summed E-state index contributed by atoms with van der Waals surface area (Å²) in [4.78, 5) is 23.8. The lowest BCUT2D eigenvalue weighted by molar-refractivity contribution is -0.125. The van der Waals surface area contributed by atoms with Crippen molar-refractivity contribution in [1.82, 2.24) is 15.3 Å². The maximum atomic E-state index is 12.9. The second-order valence-electron chi connectivity index (χ2n) is 7.64. The summed E-state index contributed by atoms with van der Waals surface area (Å²) in [6.45, 7) is 5.77. The number of hydrogen-bond acceptors (Lipinski definition) is 5. The highest BCUT2D eigenvalue weighted by molar-refractivity contribution is 7.13. The number of aromatic nitrogens is 2.